The van der Waals surface area contributed by atoms with Gasteiger partial charge in [-0.15, -0.1) is 0 Å². The summed E-state index contributed by atoms with van der Waals surface area (Å²) in [4.78, 5) is 24.1. The van der Waals surface area contributed by atoms with Gasteiger partial charge >= 0.3 is 0 Å². The Labute approximate surface area is 91.0 Å². The highest BCUT2D eigenvalue weighted by atomic mass is 16.2. The molecule has 0 aliphatic carbocycles. The molecular weight excluding hydrogens is 194 g/mol. The molecule has 0 aliphatic rings. The fraction of sp³-hybridized carbons (Fsp3) is 0.800. The number of carbonyl (C=O) groups excluding carboxylic acids is 2. The Balaban J connectivity index is 3.57. The van der Waals surface area contributed by atoms with Crippen molar-refractivity contribution in [3.8, 4) is 0 Å². The molecule has 88 valence electrons. The Kier molecular flexibility index (Phi) is 7.62. The molecule has 0 heterocycles. The monoisotopic (exact) mass is 215 g/mol. The minimum Gasteiger partial charge on any atom is -0.347 e. The smallest absolute Gasteiger partial charge is 0.241 e. The van der Waals surface area contributed by atoms with Crippen molar-refractivity contribution in [2.75, 3.05) is 26.7 Å². The third kappa shape index (κ3) is 6.90. The topological polar surface area (TPSA) is 75.4 Å². The Morgan fingerprint density at radius 3 is 2.53 bits per heavy atom. The normalized spacial score (nSPS) is 9.80. The summed E-state index contributed by atoms with van der Waals surface area (Å²) in [5.41, 5.74) is 5.30. The van der Waals surface area contributed by atoms with Crippen LogP contribution in [0.3, 0.4) is 0 Å². The highest BCUT2D eigenvalue weighted by Crippen LogP contribution is 1.92. The highest BCUT2D eigenvalue weighted by Gasteiger charge is 2.07. The highest BCUT2D eigenvalue weighted by molar-refractivity contribution is 5.84. The molecule has 3 N–H and O–H groups in total. The average Bonchev–Trinajstić information content (AvgIpc) is 2.25. The Morgan fingerprint density at radius 2 is 2.00 bits per heavy atom. The summed E-state index contributed by atoms with van der Waals surface area (Å²) in [5, 5.41) is 2.59. The van der Waals surface area contributed by atoms with Crippen LogP contribution in [0.15, 0.2) is 0 Å². The zero-order chi connectivity index (χ0) is 11.7. The van der Waals surface area contributed by atoms with Crippen LogP contribution in [0.2, 0.25) is 0 Å². The number of carbonyl (C=O) groups is 2. The second-order valence-corrected chi connectivity index (χ2v) is 3.43. The van der Waals surface area contributed by atoms with Gasteiger partial charge < -0.3 is 16.0 Å². The van der Waals surface area contributed by atoms with E-state index in [1.807, 2.05) is 6.92 Å². The third-order valence-corrected chi connectivity index (χ3v) is 2.19. The molecule has 0 rings (SSSR count). The van der Waals surface area contributed by atoms with Gasteiger partial charge in [0.2, 0.25) is 11.8 Å². The van der Waals surface area contributed by atoms with E-state index in [-0.39, 0.29) is 18.4 Å². The van der Waals surface area contributed by atoms with Gasteiger partial charge in [0.05, 0.1) is 6.54 Å². The van der Waals surface area contributed by atoms with Gasteiger partial charge in [-0.2, -0.15) is 0 Å². The molecule has 0 aromatic heterocycles. The molecule has 0 saturated heterocycles. The molecule has 0 fully saturated rings. The molecule has 0 unspecified atom stereocenters. The molecule has 0 atom stereocenters. The molecule has 0 bridgehead atoms. The molecule has 5 nitrogen and oxygen atoms in total. The average molecular weight is 215 g/mol. The van der Waals surface area contributed by atoms with Gasteiger partial charge in [-0.05, 0) is 26.3 Å². The minimum atomic E-state index is -0.0821. The lowest BCUT2D eigenvalue weighted by Crippen LogP contribution is -2.37. The number of likely N-dealkylation sites (N-methyl/N-ethyl adjacent to an activating group) is 1. The molecule has 5 heteroatoms. The SMILES string of the molecule is CCN(C)C(=O)CNC(=O)CCCCN. The number of nitrogens with two attached hydrogens (primary N) is 1. The third-order valence-electron chi connectivity index (χ3n) is 2.19. The van der Waals surface area contributed by atoms with Gasteiger partial charge in [-0.3, -0.25) is 9.59 Å². The largest absolute Gasteiger partial charge is 0.347 e. The fourth-order valence-electron chi connectivity index (χ4n) is 1.00. The van der Waals surface area contributed by atoms with Gasteiger partial charge in [-0.25, -0.2) is 0 Å². The first kappa shape index (κ1) is 13.9. The lowest BCUT2D eigenvalue weighted by Gasteiger charge is -2.14. The van der Waals surface area contributed by atoms with E-state index in [1.165, 1.54) is 0 Å². The maximum atomic E-state index is 11.3. The van der Waals surface area contributed by atoms with Crippen LogP contribution in [0.25, 0.3) is 0 Å². The number of nitrogens with one attached hydrogen (secondary N) is 1. The van der Waals surface area contributed by atoms with Crippen molar-refractivity contribution in [2.24, 2.45) is 5.73 Å². The van der Waals surface area contributed by atoms with Gasteiger partial charge in [0, 0.05) is 20.0 Å². The van der Waals surface area contributed by atoms with Crippen LogP contribution in [-0.4, -0.2) is 43.4 Å². The Bertz CT molecular complexity index is 207. The van der Waals surface area contributed by atoms with E-state index < -0.39 is 0 Å². The predicted molar refractivity (Wildman–Crippen MR) is 59.2 cm³/mol. The second-order valence-electron chi connectivity index (χ2n) is 3.43. The van der Waals surface area contributed by atoms with Gasteiger partial charge in [0.1, 0.15) is 0 Å². The van der Waals surface area contributed by atoms with E-state index in [0.717, 1.165) is 12.8 Å². The number of hydrogen-bond acceptors (Lipinski definition) is 3. The number of unbranched alkanes of at least 4 members (excludes halogenated alkanes) is 1. The summed E-state index contributed by atoms with van der Waals surface area (Å²) in [7, 11) is 1.71. The minimum absolute atomic E-state index is 0.0651. The Hall–Kier alpha value is -1.10. The summed E-state index contributed by atoms with van der Waals surface area (Å²) in [6, 6.07) is 0. The summed E-state index contributed by atoms with van der Waals surface area (Å²) in [5.74, 6) is -0.147. The quantitative estimate of drug-likeness (QED) is 0.573. The lowest BCUT2D eigenvalue weighted by molar-refractivity contribution is -0.131. The summed E-state index contributed by atoms with van der Waals surface area (Å²) in [6.45, 7) is 3.24. The summed E-state index contributed by atoms with van der Waals surface area (Å²) < 4.78 is 0. The molecular formula is C10H21N3O2. The van der Waals surface area contributed by atoms with Crippen LogP contribution in [0.1, 0.15) is 26.2 Å². The molecule has 15 heavy (non-hydrogen) atoms. The number of rotatable bonds is 7. The number of amides is 2. The number of nitrogens with zero attached hydrogens (tertiary/aromatic N) is 1. The van der Waals surface area contributed by atoms with Crippen LogP contribution in [0.5, 0.6) is 0 Å². The first-order valence-corrected chi connectivity index (χ1v) is 5.32. The maximum Gasteiger partial charge on any atom is 0.241 e. The van der Waals surface area contributed by atoms with E-state index >= 15 is 0 Å². The van der Waals surface area contributed by atoms with Gasteiger partial charge in [-0.1, -0.05) is 0 Å². The van der Waals surface area contributed by atoms with E-state index in [4.69, 9.17) is 5.73 Å². The first-order chi connectivity index (χ1) is 7.11. The van der Waals surface area contributed by atoms with Gasteiger partial charge in [0.25, 0.3) is 0 Å². The van der Waals surface area contributed by atoms with Crippen molar-refractivity contribution in [3.05, 3.63) is 0 Å². The first-order valence-electron chi connectivity index (χ1n) is 5.32. The van der Waals surface area contributed by atoms with Gasteiger partial charge in [0.15, 0.2) is 0 Å². The molecule has 2 amide bonds. The second kappa shape index (κ2) is 8.23. The van der Waals surface area contributed by atoms with Crippen molar-refractivity contribution in [3.63, 3.8) is 0 Å². The van der Waals surface area contributed by atoms with Crippen molar-refractivity contribution >= 4 is 11.8 Å². The van der Waals surface area contributed by atoms with E-state index in [2.05, 4.69) is 5.32 Å². The Morgan fingerprint density at radius 1 is 1.33 bits per heavy atom. The fourth-order valence-corrected chi connectivity index (χ4v) is 1.00. The molecule has 0 saturated carbocycles. The van der Waals surface area contributed by atoms with Crippen LogP contribution in [-0.2, 0) is 9.59 Å². The zero-order valence-corrected chi connectivity index (χ0v) is 9.58. The number of hydrogen-bond donors (Lipinski definition) is 2. The molecule has 0 aliphatic heterocycles. The summed E-state index contributed by atoms with van der Waals surface area (Å²) >= 11 is 0. The maximum absolute atomic E-state index is 11.3. The zero-order valence-electron chi connectivity index (χ0n) is 9.58. The van der Waals surface area contributed by atoms with Crippen molar-refractivity contribution < 1.29 is 9.59 Å². The molecule has 0 spiro atoms. The summed E-state index contributed by atoms with van der Waals surface area (Å²) in [6.07, 6.45) is 2.07. The predicted octanol–water partition coefficient (Wildman–Crippen LogP) is -0.290. The van der Waals surface area contributed by atoms with Crippen molar-refractivity contribution in [1.29, 1.82) is 0 Å². The van der Waals surface area contributed by atoms with Crippen LogP contribution < -0.4 is 11.1 Å². The van der Waals surface area contributed by atoms with Crippen molar-refractivity contribution in [2.45, 2.75) is 26.2 Å². The van der Waals surface area contributed by atoms with Crippen LogP contribution in [0, 0.1) is 0 Å². The van der Waals surface area contributed by atoms with Crippen LogP contribution in [0.4, 0.5) is 0 Å². The van der Waals surface area contributed by atoms with E-state index in [9.17, 15) is 9.59 Å². The molecule has 0 aromatic rings. The van der Waals surface area contributed by atoms with E-state index in [0.29, 0.717) is 19.5 Å². The molecule has 0 radical (unpaired) electrons. The van der Waals surface area contributed by atoms with Crippen molar-refractivity contribution in [1.82, 2.24) is 10.2 Å². The standard InChI is InChI=1S/C10H21N3O2/c1-3-13(2)10(15)8-12-9(14)6-4-5-7-11/h3-8,11H2,1-2H3,(H,12,14). The molecule has 0 aromatic carbocycles. The lowest BCUT2D eigenvalue weighted by atomic mass is 10.2. The van der Waals surface area contributed by atoms with Crippen LogP contribution >= 0.6 is 0 Å². The van der Waals surface area contributed by atoms with E-state index in [1.54, 1.807) is 11.9 Å².